The molecule has 0 saturated heterocycles. The Morgan fingerprint density at radius 1 is 1.43 bits per heavy atom. The Kier molecular flexibility index (Phi) is 4.16. The summed E-state index contributed by atoms with van der Waals surface area (Å²) in [5.41, 5.74) is 1.66. The number of ether oxygens (including phenoxy) is 1. The van der Waals surface area contributed by atoms with Crippen LogP contribution in [0, 0.1) is 5.92 Å². The van der Waals surface area contributed by atoms with E-state index in [9.17, 15) is 9.90 Å². The molecule has 1 N–H and O–H groups in total. The Hall–Kier alpha value is -1.16. The fraction of sp³-hybridized carbons (Fsp3) is 0.632. The van der Waals surface area contributed by atoms with Gasteiger partial charge in [-0.1, -0.05) is 26.3 Å². The Bertz CT molecular complexity index is 642. The predicted molar refractivity (Wildman–Crippen MR) is 94.7 cm³/mol. The number of rotatable bonds is 3. The van der Waals surface area contributed by atoms with Crippen LogP contribution in [0.15, 0.2) is 12.1 Å². The van der Waals surface area contributed by atoms with Crippen molar-refractivity contribution in [3.8, 4) is 11.5 Å². The molecule has 126 valence electrons. The predicted octanol–water partition coefficient (Wildman–Crippen LogP) is 4.05. The largest absolute Gasteiger partial charge is 0.504 e. The van der Waals surface area contributed by atoms with E-state index in [2.05, 4.69) is 13.8 Å². The van der Waals surface area contributed by atoms with Crippen molar-refractivity contribution in [3.05, 3.63) is 23.3 Å². The number of hydrogen-bond acceptors (Lipinski definition) is 4. The summed E-state index contributed by atoms with van der Waals surface area (Å²) in [6, 6.07) is 3.88. The summed E-state index contributed by atoms with van der Waals surface area (Å²) >= 11 is 5.16. The average molecular weight is 334 g/mol. The molecule has 3 rings (SSSR count). The molecule has 1 fully saturated rings. The first-order valence-corrected chi connectivity index (χ1v) is 8.97. The monoisotopic (exact) mass is 334 g/mol. The number of aromatic hydroxyl groups is 1. The van der Waals surface area contributed by atoms with Crippen molar-refractivity contribution in [1.82, 2.24) is 0 Å². The zero-order valence-corrected chi connectivity index (χ0v) is 15.1. The normalized spacial score (nSPS) is 33.0. The fourth-order valence-corrected chi connectivity index (χ4v) is 5.51. The molecule has 0 bridgehead atoms. The minimum absolute atomic E-state index is 0.207. The number of benzene rings is 1. The Morgan fingerprint density at radius 2 is 2.17 bits per heavy atom. The van der Waals surface area contributed by atoms with Crippen molar-refractivity contribution < 1.29 is 14.6 Å². The minimum atomic E-state index is -0.397. The molecule has 1 aromatic carbocycles. The Morgan fingerprint density at radius 3 is 2.83 bits per heavy atom. The molecular formula is C19H26O3S. The van der Waals surface area contributed by atoms with Crippen LogP contribution in [0.5, 0.6) is 11.5 Å². The number of phenolic OH excluding ortho intramolecular Hbond substituents is 1. The van der Waals surface area contributed by atoms with E-state index in [1.807, 2.05) is 12.1 Å². The number of hydrogen-bond donors (Lipinski definition) is 2. The van der Waals surface area contributed by atoms with E-state index in [1.54, 1.807) is 7.11 Å². The van der Waals surface area contributed by atoms with Crippen LogP contribution in [0.1, 0.15) is 57.1 Å². The van der Waals surface area contributed by atoms with Crippen molar-refractivity contribution in [3.63, 3.8) is 0 Å². The standard InChI is InChI=1S/C19H26O3S/c1-4-8-18-11-14(20)7-9-19(18,23)12(2)10-13-5-6-15(22-3)17(21)16(13)18/h5-6,12,21,23H,4,7-11H2,1-3H3/t12-,18-,19-/m1/s1. The van der Waals surface area contributed by atoms with Crippen LogP contribution in [0.25, 0.3) is 0 Å². The molecule has 1 saturated carbocycles. The third kappa shape index (κ3) is 2.21. The highest BCUT2D eigenvalue weighted by molar-refractivity contribution is 7.82. The molecule has 0 aromatic heterocycles. The van der Waals surface area contributed by atoms with Crippen LogP contribution in [0.3, 0.4) is 0 Å². The maximum Gasteiger partial charge on any atom is 0.161 e. The second-order valence-corrected chi connectivity index (χ2v) is 8.03. The van der Waals surface area contributed by atoms with E-state index in [0.29, 0.717) is 24.5 Å². The van der Waals surface area contributed by atoms with Crippen LogP contribution in [-0.2, 0) is 16.6 Å². The summed E-state index contributed by atoms with van der Waals surface area (Å²) in [5.74, 6) is 1.34. The lowest BCUT2D eigenvalue weighted by atomic mass is 9.51. The Labute approximate surface area is 143 Å². The lowest BCUT2D eigenvalue weighted by molar-refractivity contribution is -0.123. The van der Waals surface area contributed by atoms with Gasteiger partial charge in [-0.2, -0.15) is 12.6 Å². The fourth-order valence-electron chi connectivity index (χ4n) is 5.01. The summed E-state index contributed by atoms with van der Waals surface area (Å²) in [6.07, 6.45) is 4.56. The van der Waals surface area contributed by atoms with E-state index < -0.39 is 5.41 Å². The first kappa shape index (κ1) is 16.7. The SMILES string of the molecule is CCC[C@]12CC(=O)CC[C@@]1(S)[C@H](C)Cc1ccc(OC)c(O)c12. The highest BCUT2D eigenvalue weighted by Crippen LogP contribution is 2.62. The van der Waals surface area contributed by atoms with Crippen LogP contribution in [0.4, 0.5) is 0 Å². The molecule has 0 radical (unpaired) electrons. The van der Waals surface area contributed by atoms with Gasteiger partial charge in [0, 0.05) is 28.6 Å². The molecule has 0 heterocycles. The van der Waals surface area contributed by atoms with Crippen molar-refractivity contribution in [2.24, 2.45) is 5.92 Å². The molecule has 2 aliphatic rings. The zero-order chi connectivity index (χ0) is 16.8. The van der Waals surface area contributed by atoms with E-state index in [0.717, 1.165) is 36.8 Å². The first-order valence-electron chi connectivity index (χ1n) is 8.53. The molecule has 0 amide bonds. The van der Waals surface area contributed by atoms with Gasteiger partial charge in [0.05, 0.1) is 7.11 Å². The summed E-state index contributed by atoms with van der Waals surface area (Å²) in [5, 5.41) is 10.9. The van der Waals surface area contributed by atoms with Crippen molar-refractivity contribution >= 4 is 18.4 Å². The van der Waals surface area contributed by atoms with Crippen LogP contribution >= 0.6 is 12.6 Å². The maximum absolute atomic E-state index is 12.4. The highest BCUT2D eigenvalue weighted by atomic mass is 32.1. The van der Waals surface area contributed by atoms with Gasteiger partial charge in [0.1, 0.15) is 5.78 Å². The van der Waals surface area contributed by atoms with Crippen molar-refractivity contribution in [2.45, 2.75) is 62.5 Å². The number of phenols is 1. The summed E-state index contributed by atoms with van der Waals surface area (Å²) in [4.78, 5) is 12.4. The average Bonchev–Trinajstić information content (AvgIpc) is 2.50. The number of fused-ring (bicyclic) bond motifs is 3. The van der Waals surface area contributed by atoms with Gasteiger partial charge in [-0.25, -0.2) is 0 Å². The highest BCUT2D eigenvalue weighted by Gasteiger charge is 2.59. The van der Waals surface area contributed by atoms with Gasteiger partial charge < -0.3 is 9.84 Å². The third-order valence-corrected chi connectivity index (χ3v) is 7.15. The summed E-state index contributed by atoms with van der Waals surface area (Å²) in [6.45, 7) is 4.37. The van der Waals surface area contributed by atoms with Crippen LogP contribution < -0.4 is 4.74 Å². The van der Waals surface area contributed by atoms with Gasteiger partial charge in [-0.05, 0) is 36.8 Å². The quantitative estimate of drug-likeness (QED) is 0.820. The van der Waals surface area contributed by atoms with E-state index >= 15 is 0 Å². The van der Waals surface area contributed by atoms with Gasteiger partial charge in [0.15, 0.2) is 11.5 Å². The van der Waals surface area contributed by atoms with Gasteiger partial charge >= 0.3 is 0 Å². The van der Waals surface area contributed by atoms with E-state index in [4.69, 9.17) is 17.4 Å². The van der Waals surface area contributed by atoms with E-state index in [-0.39, 0.29) is 16.3 Å². The number of Topliss-reactive ketones (excluding diaryl/α,β-unsaturated/α-hetero) is 1. The number of thiol groups is 1. The molecule has 4 heteroatoms. The number of ketones is 1. The first-order chi connectivity index (χ1) is 10.9. The third-order valence-electron chi connectivity index (χ3n) is 6.06. The van der Waals surface area contributed by atoms with Gasteiger partial charge in [-0.15, -0.1) is 0 Å². The van der Waals surface area contributed by atoms with Crippen molar-refractivity contribution in [2.75, 3.05) is 7.11 Å². The van der Waals surface area contributed by atoms with E-state index in [1.165, 1.54) is 0 Å². The van der Waals surface area contributed by atoms with Crippen LogP contribution in [-0.4, -0.2) is 22.7 Å². The number of carbonyl (C=O) groups is 1. The molecule has 0 aliphatic heterocycles. The molecule has 1 aromatic rings. The van der Waals surface area contributed by atoms with Gasteiger partial charge in [0.2, 0.25) is 0 Å². The lowest BCUT2D eigenvalue weighted by Crippen LogP contribution is -2.59. The molecule has 23 heavy (non-hydrogen) atoms. The molecule has 0 spiro atoms. The zero-order valence-electron chi connectivity index (χ0n) is 14.2. The molecule has 3 nitrogen and oxygen atoms in total. The summed E-state index contributed by atoms with van der Waals surface area (Å²) < 4.78 is 5.08. The number of methoxy groups -OCH3 is 1. The van der Waals surface area contributed by atoms with Gasteiger partial charge in [-0.3, -0.25) is 4.79 Å². The molecule has 2 aliphatic carbocycles. The Balaban J connectivity index is 2.31. The molecule has 3 atom stereocenters. The molecular weight excluding hydrogens is 308 g/mol. The molecule has 0 unspecified atom stereocenters. The second kappa shape index (κ2) is 5.73. The maximum atomic E-state index is 12.4. The van der Waals surface area contributed by atoms with Crippen LogP contribution in [0.2, 0.25) is 0 Å². The van der Waals surface area contributed by atoms with Gasteiger partial charge in [0.25, 0.3) is 0 Å². The number of carbonyl (C=O) groups excluding carboxylic acids is 1. The topological polar surface area (TPSA) is 46.5 Å². The second-order valence-electron chi connectivity index (χ2n) is 7.23. The lowest BCUT2D eigenvalue weighted by Gasteiger charge is -2.58. The smallest absolute Gasteiger partial charge is 0.161 e. The minimum Gasteiger partial charge on any atom is -0.504 e. The van der Waals surface area contributed by atoms with Crippen molar-refractivity contribution in [1.29, 1.82) is 0 Å². The summed E-state index contributed by atoms with van der Waals surface area (Å²) in [7, 11) is 1.57.